The minimum atomic E-state index is -0.625. The van der Waals surface area contributed by atoms with Crippen molar-refractivity contribution in [1.29, 1.82) is 0 Å². The summed E-state index contributed by atoms with van der Waals surface area (Å²) >= 11 is 1.66. The lowest BCUT2D eigenvalue weighted by Gasteiger charge is -2.19. The number of aromatic nitrogens is 1. The van der Waals surface area contributed by atoms with E-state index in [1.165, 1.54) is 17.8 Å². The zero-order chi connectivity index (χ0) is 11.8. The molecule has 0 amide bonds. The number of rotatable bonds is 4. The summed E-state index contributed by atoms with van der Waals surface area (Å²) in [5.41, 5.74) is 0.220. The molecular formula is C12H17NO2S. The number of nitrogens with zero attached hydrogens (tertiary/aromatic N) is 1. The highest BCUT2D eigenvalue weighted by molar-refractivity contribution is 7.09. The number of hydrogen-bond donors (Lipinski definition) is 0. The highest BCUT2D eigenvalue weighted by Crippen LogP contribution is 2.42. The number of carbonyl (C=O) groups excluding carboxylic acids is 1. The summed E-state index contributed by atoms with van der Waals surface area (Å²) in [7, 11) is 0. The van der Waals surface area contributed by atoms with Gasteiger partial charge < -0.3 is 4.74 Å². The van der Waals surface area contributed by atoms with Crippen LogP contribution < -0.4 is 0 Å². The maximum atomic E-state index is 11.8. The van der Waals surface area contributed by atoms with E-state index in [-0.39, 0.29) is 5.97 Å². The van der Waals surface area contributed by atoms with Crippen LogP contribution in [0.15, 0.2) is 5.38 Å². The van der Waals surface area contributed by atoms with Crippen molar-refractivity contribution in [2.75, 3.05) is 6.61 Å². The van der Waals surface area contributed by atoms with Gasteiger partial charge in [-0.1, -0.05) is 0 Å². The van der Waals surface area contributed by atoms with Crippen LogP contribution in [-0.4, -0.2) is 17.6 Å². The number of thiazole rings is 1. The summed E-state index contributed by atoms with van der Waals surface area (Å²) in [5, 5.41) is 3.16. The van der Waals surface area contributed by atoms with Crippen molar-refractivity contribution in [1.82, 2.24) is 4.98 Å². The van der Waals surface area contributed by atoms with Gasteiger partial charge in [0.1, 0.15) is 5.41 Å². The molecule has 0 N–H and O–H groups in total. The third-order valence-corrected chi connectivity index (χ3v) is 3.88. The Kier molecular flexibility index (Phi) is 3.02. The molecule has 1 heterocycles. The molecule has 1 aromatic heterocycles. The Hall–Kier alpha value is -0.900. The Morgan fingerprint density at radius 1 is 1.62 bits per heavy atom. The van der Waals surface area contributed by atoms with E-state index >= 15 is 0 Å². The number of carbonyl (C=O) groups is 1. The molecule has 2 rings (SSSR count). The molecule has 1 aliphatic rings. The van der Waals surface area contributed by atoms with E-state index in [0.29, 0.717) is 12.5 Å². The van der Waals surface area contributed by atoms with Crippen LogP contribution in [0.3, 0.4) is 0 Å². The molecular weight excluding hydrogens is 222 g/mol. The first kappa shape index (κ1) is 11.6. The average molecular weight is 239 g/mol. The van der Waals surface area contributed by atoms with Gasteiger partial charge in [-0.05, 0) is 33.6 Å². The summed E-state index contributed by atoms with van der Waals surface area (Å²) in [4.78, 5) is 16.4. The second-order valence-corrected chi connectivity index (χ2v) is 5.58. The predicted molar refractivity (Wildman–Crippen MR) is 63.7 cm³/mol. The average Bonchev–Trinajstić information content (AvgIpc) is 2.96. The van der Waals surface area contributed by atoms with Crippen LogP contribution in [0.4, 0.5) is 0 Å². The fraction of sp³-hybridized carbons (Fsp3) is 0.667. The molecule has 0 bridgehead atoms. The minimum Gasteiger partial charge on any atom is -0.465 e. The Labute approximate surface area is 99.8 Å². The van der Waals surface area contributed by atoms with Gasteiger partial charge in [-0.15, -0.1) is 11.3 Å². The Balaban J connectivity index is 2.16. The fourth-order valence-corrected chi connectivity index (χ4v) is 2.67. The summed E-state index contributed by atoms with van der Waals surface area (Å²) < 4.78 is 5.07. The van der Waals surface area contributed by atoms with E-state index in [4.69, 9.17) is 4.74 Å². The highest BCUT2D eigenvalue weighted by atomic mass is 32.1. The van der Waals surface area contributed by atoms with Crippen LogP contribution in [0.25, 0.3) is 0 Å². The van der Waals surface area contributed by atoms with E-state index in [0.717, 1.165) is 5.69 Å². The van der Waals surface area contributed by atoms with Gasteiger partial charge in [0.15, 0.2) is 0 Å². The molecule has 88 valence electrons. The van der Waals surface area contributed by atoms with Crippen molar-refractivity contribution in [2.45, 2.75) is 44.9 Å². The van der Waals surface area contributed by atoms with Crippen molar-refractivity contribution in [2.24, 2.45) is 0 Å². The van der Waals surface area contributed by atoms with Gasteiger partial charge in [0, 0.05) is 11.3 Å². The monoisotopic (exact) mass is 239 g/mol. The Morgan fingerprint density at radius 3 is 2.88 bits per heavy atom. The summed E-state index contributed by atoms with van der Waals surface area (Å²) in [6.45, 7) is 5.99. The molecule has 16 heavy (non-hydrogen) atoms. The molecule has 0 aliphatic heterocycles. The molecule has 1 aromatic rings. The van der Waals surface area contributed by atoms with Gasteiger partial charge in [0.25, 0.3) is 0 Å². The first-order chi connectivity index (χ1) is 7.55. The quantitative estimate of drug-likeness (QED) is 0.758. The molecule has 4 heteroatoms. The molecule has 0 saturated heterocycles. The zero-order valence-corrected chi connectivity index (χ0v) is 10.8. The van der Waals surface area contributed by atoms with E-state index in [1.54, 1.807) is 11.3 Å². The van der Waals surface area contributed by atoms with E-state index < -0.39 is 5.41 Å². The van der Waals surface area contributed by atoms with Crippen LogP contribution in [0.1, 0.15) is 50.2 Å². The fourth-order valence-electron chi connectivity index (χ4n) is 1.51. The standard InChI is InChI=1S/C12H17NO2S/c1-4-15-11(14)12(2,3)9-7-16-10(13-9)8-5-6-8/h7-8H,4-6H2,1-3H3. The summed E-state index contributed by atoms with van der Waals surface area (Å²) in [5.74, 6) is 0.458. The van der Waals surface area contributed by atoms with Crippen molar-refractivity contribution < 1.29 is 9.53 Å². The lowest BCUT2D eigenvalue weighted by atomic mass is 9.90. The third-order valence-electron chi connectivity index (χ3n) is 2.87. The Morgan fingerprint density at radius 2 is 2.31 bits per heavy atom. The first-order valence-electron chi connectivity index (χ1n) is 5.68. The smallest absolute Gasteiger partial charge is 0.317 e. The van der Waals surface area contributed by atoms with Gasteiger partial charge >= 0.3 is 5.97 Å². The van der Waals surface area contributed by atoms with Gasteiger partial charge in [0.2, 0.25) is 0 Å². The minimum absolute atomic E-state index is 0.192. The molecule has 1 aliphatic carbocycles. The molecule has 3 nitrogen and oxygen atoms in total. The topological polar surface area (TPSA) is 39.2 Å². The molecule has 0 radical (unpaired) electrons. The first-order valence-corrected chi connectivity index (χ1v) is 6.56. The molecule has 1 fully saturated rings. The SMILES string of the molecule is CCOC(=O)C(C)(C)c1csc(C2CC2)n1. The van der Waals surface area contributed by atoms with Gasteiger partial charge in [0.05, 0.1) is 17.3 Å². The van der Waals surface area contributed by atoms with E-state index in [9.17, 15) is 4.79 Å². The van der Waals surface area contributed by atoms with Crippen LogP contribution in [0.5, 0.6) is 0 Å². The van der Waals surface area contributed by atoms with Crippen molar-refractivity contribution in [3.05, 3.63) is 16.1 Å². The number of hydrogen-bond acceptors (Lipinski definition) is 4. The summed E-state index contributed by atoms with van der Waals surface area (Å²) in [6.07, 6.45) is 2.49. The molecule has 1 saturated carbocycles. The normalized spacial score (nSPS) is 16.2. The maximum Gasteiger partial charge on any atom is 0.317 e. The van der Waals surface area contributed by atoms with E-state index in [1.807, 2.05) is 26.2 Å². The van der Waals surface area contributed by atoms with Gasteiger partial charge in [-0.2, -0.15) is 0 Å². The second kappa shape index (κ2) is 4.17. The van der Waals surface area contributed by atoms with Crippen LogP contribution in [0, 0.1) is 0 Å². The third kappa shape index (κ3) is 2.12. The van der Waals surface area contributed by atoms with E-state index in [2.05, 4.69) is 4.98 Å². The molecule has 0 atom stereocenters. The lowest BCUT2D eigenvalue weighted by Crippen LogP contribution is -2.31. The molecule has 0 aromatic carbocycles. The van der Waals surface area contributed by atoms with Crippen LogP contribution >= 0.6 is 11.3 Å². The van der Waals surface area contributed by atoms with Gasteiger partial charge in [-0.3, -0.25) is 4.79 Å². The van der Waals surface area contributed by atoms with Crippen molar-refractivity contribution >= 4 is 17.3 Å². The summed E-state index contributed by atoms with van der Waals surface area (Å²) in [6, 6.07) is 0. The highest BCUT2D eigenvalue weighted by Gasteiger charge is 2.35. The predicted octanol–water partition coefficient (Wildman–Crippen LogP) is 2.86. The van der Waals surface area contributed by atoms with Crippen LogP contribution in [0.2, 0.25) is 0 Å². The number of ether oxygens (including phenoxy) is 1. The maximum absolute atomic E-state index is 11.8. The molecule has 0 unspecified atom stereocenters. The number of esters is 1. The van der Waals surface area contributed by atoms with Crippen molar-refractivity contribution in [3.8, 4) is 0 Å². The lowest BCUT2D eigenvalue weighted by molar-refractivity contribution is -0.148. The van der Waals surface area contributed by atoms with Gasteiger partial charge in [-0.25, -0.2) is 4.98 Å². The van der Waals surface area contributed by atoms with Crippen molar-refractivity contribution in [3.63, 3.8) is 0 Å². The molecule has 0 spiro atoms. The Bertz CT molecular complexity index is 393. The van der Waals surface area contributed by atoms with Crippen LogP contribution in [-0.2, 0) is 14.9 Å². The second-order valence-electron chi connectivity index (χ2n) is 4.69. The largest absolute Gasteiger partial charge is 0.465 e. The zero-order valence-electron chi connectivity index (χ0n) is 9.95.